The lowest BCUT2D eigenvalue weighted by atomic mass is 10.1. The summed E-state index contributed by atoms with van der Waals surface area (Å²) in [7, 11) is 0. The first kappa shape index (κ1) is 22.5. The van der Waals surface area contributed by atoms with Crippen LogP contribution in [0.15, 0.2) is 62.7 Å². The van der Waals surface area contributed by atoms with E-state index in [0.717, 1.165) is 12.1 Å². The normalized spacial score (nSPS) is 11.5. The Bertz CT molecular complexity index is 1250. The molecule has 0 unspecified atom stereocenters. The number of thioether (sulfide) groups is 1. The lowest BCUT2D eigenvalue weighted by Crippen LogP contribution is -2.08. The molecular weight excluding hydrogens is 461 g/mol. The van der Waals surface area contributed by atoms with Gasteiger partial charge in [-0.05, 0) is 31.2 Å². The number of carbonyl (C=O) groups excluding carboxylic acids is 1. The van der Waals surface area contributed by atoms with Gasteiger partial charge in [0.15, 0.2) is 6.61 Å². The van der Waals surface area contributed by atoms with Crippen molar-refractivity contribution in [1.29, 1.82) is 0 Å². The van der Waals surface area contributed by atoms with Gasteiger partial charge in [-0.2, -0.15) is 18.2 Å². The van der Waals surface area contributed by atoms with E-state index < -0.39 is 17.7 Å². The summed E-state index contributed by atoms with van der Waals surface area (Å²) in [6.45, 7) is 1.47. The molecule has 1 aromatic carbocycles. The second-order valence-corrected chi connectivity index (χ2v) is 7.70. The molecule has 0 saturated heterocycles. The smallest absolute Gasteiger partial charge is 0.416 e. The third-order valence-electron chi connectivity index (χ3n) is 4.29. The van der Waals surface area contributed by atoms with Crippen molar-refractivity contribution < 1.29 is 31.7 Å². The van der Waals surface area contributed by atoms with Crippen molar-refractivity contribution in [3.05, 3.63) is 77.1 Å². The molecule has 0 aliphatic heterocycles. The van der Waals surface area contributed by atoms with Gasteiger partial charge in [-0.15, -0.1) is 0 Å². The number of benzene rings is 1. The fourth-order valence-corrected chi connectivity index (χ4v) is 3.60. The van der Waals surface area contributed by atoms with Crippen LogP contribution in [0, 0.1) is 6.92 Å². The minimum Gasteiger partial charge on any atom is -0.452 e. The predicted octanol–water partition coefficient (Wildman–Crippen LogP) is 5.10. The van der Waals surface area contributed by atoms with E-state index in [-0.39, 0.29) is 23.9 Å². The fourth-order valence-electron chi connectivity index (χ4n) is 2.73. The van der Waals surface area contributed by atoms with Gasteiger partial charge in [0.1, 0.15) is 10.8 Å². The minimum atomic E-state index is -4.44. The average molecular weight is 476 g/mol. The Labute approximate surface area is 189 Å². The second-order valence-electron chi connectivity index (χ2n) is 6.74. The van der Waals surface area contributed by atoms with Crippen LogP contribution < -0.4 is 0 Å². The number of rotatable bonds is 7. The van der Waals surface area contributed by atoms with Crippen molar-refractivity contribution in [2.24, 2.45) is 0 Å². The molecule has 0 amide bonds. The number of halogens is 3. The van der Waals surface area contributed by atoms with E-state index in [4.69, 9.17) is 13.8 Å². The first-order chi connectivity index (χ1) is 15.8. The summed E-state index contributed by atoms with van der Waals surface area (Å²) in [4.78, 5) is 20.8. The number of carbonyl (C=O) groups is 1. The van der Waals surface area contributed by atoms with Crippen molar-refractivity contribution in [2.75, 3.05) is 0 Å². The van der Waals surface area contributed by atoms with Crippen molar-refractivity contribution in [3.8, 4) is 11.4 Å². The maximum atomic E-state index is 12.7. The van der Waals surface area contributed by atoms with Crippen LogP contribution in [0.5, 0.6) is 0 Å². The molecule has 170 valence electrons. The first-order valence-corrected chi connectivity index (χ1v) is 10.5. The summed E-state index contributed by atoms with van der Waals surface area (Å²) in [5.41, 5.74) is 0.514. The zero-order valence-corrected chi connectivity index (χ0v) is 17.8. The van der Waals surface area contributed by atoms with Crippen LogP contribution in [-0.2, 0) is 23.3 Å². The molecule has 0 spiro atoms. The maximum absolute atomic E-state index is 12.7. The Balaban J connectivity index is 1.38. The number of ether oxygens (including phenoxy) is 1. The summed E-state index contributed by atoms with van der Waals surface area (Å²) in [5, 5.41) is 8.08. The van der Waals surface area contributed by atoms with E-state index in [0.29, 0.717) is 27.8 Å². The summed E-state index contributed by atoms with van der Waals surface area (Å²) in [6, 6.07) is 9.29. The molecule has 0 fully saturated rings. The van der Waals surface area contributed by atoms with Crippen LogP contribution in [0.25, 0.3) is 11.4 Å². The van der Waals surface area contributed by atoms with Gasteiger partial charge in [0.05, 0.1) is 16.8 Å². The quantitative estimate of drug-likeness (QED) is 0.266. The van der Waals surface area contributed by atoms with Crippen LogP contribution in [-0.4, -0.2) is 26.3 Å². The number of aromatic nitrogens is 4. The topological polar surface area (TPSA) is 104 Å². The number of esters is 1. The van der Waals surface area contributed by atoms with E-state index in [1.807, 2.05) is 0 Å². The minimum absolute atomic E-state index is 0.00517. The summed E-state index contributed by atoms with van der Waals surface area (Å²) in [5.74, 6) is 0.566. The zero-order chi connectivity index (χ0) is 23.4. The van der Waals surface area contributed by atoms with Crippen LogP contribution >= 0.6 is 11.8 Å². The van der Waals surface area contributed by atoms with E-state index in [1.165, 1.54) is 23.9 Å². The number of hydrogen-bond donors (Lipinski definition) is 0. The third-order valence-corrected chi connectivity index (χ3v) is 5.33. The Morgan fingerprint density at radius 1 is 1.12 bits per heavy atom. The molecule has 3 aromatic heterocycles. The van der Waals surface area contributed by atoms with Gasteiger partial charge in [-0.3, -0.25) is 0 Å². The number of pyridine rings is 1. The highest BCUT2D eigenvalue weighted by Gasteiger charge is 2.30. The van der Waals surface area contributed by atoms with Gasteiger partial charge < -0.3 is 13.8 Å². The molecule has 33 heavy (non-hydrogen) atoms. The molecule has 8 nitrogen and oxygen atoms in total. The second kappa shape index (κ2) is 9.45. The van der Waals surface area contributed by atoms with Crippen molar-refractivity contribution >= 4 is 17.7 Å². The number of nitrogens with zero attached hydrogens (tertiary/aromatic N) is 4. The molecule has 4 rings (SSSR count). The molecule has 0 N–H and O–H groups in total. The summed E-state index contributed by atoms with van der Waals surface area (Å²) >= 11 is 1.30. The Kier molecular flexibility index (Phi) is 6.45. The van der Waals surface area contributed by atoms with Gasteiger partial charge in [-0.25, -0.2) is 9.78 Å². The molecule has 12 heteroatoms. The molecule has 0 radical (unpaired) electrons. The standard InChI is InChI=1S/C21H15F3N4O4S/c1-12-9-15(27-31-12)11-33-19-16(3-2-8-25-19)20(29)30-10-17-26-18(28-32-17)13-4-6-14(7-5-13)21(22,23)24/h2-9H,10-11H2,1H3. The SMILES string of the molecule is Cc1cc(CSc2ncccc2C(=O)OCc2nc(-c3ccc(C(F)(F)F)cc3)no2)no1. The summed E-state index contributed by atoms with van der Waals surface area (Å²) in [6.07, 6.45) is -2.88. The van der Waals surface area contributed by atoms with E-state index in [1.54, 1.807) is 31.3 Å². The molecule has 3 heterocycles. The lowest BCUT2D eigenvalue weighted by Gasteiger charge is -2.06. The molecular formula is C21H15F3N4O4S. The van der Waals surface area contributed by atoms with Gasteiger partial charge in [0, 0.05) is 23.6 Å². The Morgan fingerprint density at radius 3 is 2.61 bits per heavy atom. The van der Waals surface area contributed by atoms with Crippen LogP contribution in [0.2, 0.25) is 0 Å². The largest absolute Gasteiger partial charge is 0.452 e. The van der Waals surface area contributed by atoms with Crippen LogP contribution in [0.4, 0.5) is 13.2 Å². The van der Waals surface area contributed by atoms with Crippen molar-refractivity contribution in [2.45, 2.75) is 30.5 Å². The molecule has 0 saturated carbocycles. The zero-order valence-electron chi connectivity index (χ0n) is 17.0. The Hall–Kier alpha value is -3.67. The maximum Gasteiger partial charge on any atom is 0.416 e. The van der Waals surface area contributed by atoms with Gasteiger partial charge in [0.25, 0.3) is 5.89 Å². The fraction of sp³-hybridized carbons (Fsp3) is 0.190. The molecule has 0 bridgehead atoms. The van der Waals surface area contributed by atoms with Crippen LogP contribution in [0.3, 0.4) is 0 Å². The van der Waals surface area contributed by atoms with Gasteiger partial charge >= 0.3 is 12.1 Å². The van der Waals surface area contributed by atoms with Gasteiger partial charge in [0.2, 0.25) is 5.82 Å². The Morgan fingerprint density at radius 2 is 1.91 bits per heavy atom. The van der Waals surface area contributed by atoms with E-state index in [9.17, 15) is 18.0 Å². The van der Waals surface area contributed by atoms with E-state index >= 15 is 0 Å². The lowest BCUT2D eigenvalue weighted by molar-refractivity contribution is -0.137. The number of aryl methyl sites for hydroxylation is 1. The third kappa shape index (κ3) is 5.58. The first-order valence-electron chi connectivity index (χ1n) is 9.47. The molecule has 0 atom stereocenters. The average Bonchev–Trinajstić information content (AvgIpc) is 3.45. The highest BCUT2D eigenvalue weighted by atomic mass is 32.2. The monoisotopic (exact) mass is 476 g/mol. The highest BCUT2D eigenvalue weighted by Crippen LogP contribution is 2.30. The van der Waals surface area contributed by atoms with Crippen molar-refractivity contribution in [1.82, 2.24) is 20.3 Å². The molecule has 0 aliphatic rings. The number of hydrogen-bond acceptors (Lipinski definition) is 9. The molecule has 4 aromatic rings. The van der Waals surface area contributed by atoms with E-state index in [2.05, 4.69) is 20.3 Å². The van der Waals surface area contributed by atoms with Crippen LogP contribution in [0.1, 0.15) is 33.3 Å². The van der Waals surface area contributed by atoms with Crippen molar-refractivity contribution in [3.63, 3.8) is 0 Å². The molecule has 0 aliphatic carbocycles. The summed E-state index contributed by atoms with van der Waals surface area (Å²) < 4.78 is 53.4. The highest BCUT2D eigenvalue weighted by molar-refractivity contribution is 7.98. The number of alkyl halides is 3. The van der Waals surface area contributed by atoms with Gasteiger partial charge in [-0.1, -0.05) is 34.2 Å². The predicted molar refractivity (Wildman–Crippen MR) is 109 cm³/mol.